The summed E-state index contributed by atoms with van der Waals surface area (Å²) >= 11 is 3.11. The Labute approximate surface area is 101 Å². The third kappa shape index (κ3) is 4.06. The number of carbonyl (C=O) groups excluding carboxylic acids is 1. The van der Waals surface area contributed by atoms with Crippen molar-refractivity contribution in [3.63, 3.8) is 0 Å². The van der Waals surface area contributed by atoms with Crippen LogP contribution in [-0.4, -0.2) is 16.7 Å². The predicted octanol–water partition coefficient (Wildman–Crippen LogP) is 2.48. The number of carbonyl (C=O) groups is 1. The highest BCUT2D eigenvalue weighted by Gasteiger charge is 2.16. The fourth-order valence-electron chi connectivity index (χ4n) is 0.962. The Balaban J connectivity index is 2.74. The van der Waals surface area contributed by atoms with Crippen LogP contribution in [0.4, 0.5) is 10.5 Å². The van der Waals surface area contributed by atoms with E-state index in [4.69, 9.17) is 4.74 Å². The summed E-state index contributed by atoms with van der Waals surface area (Å²) < 4.78 is 5.56. The molecule has 0 unspecified atom stereocenters. The van der Waals surface area contributed by atoms with E-state index in [0.717, 1.165) is 0 Å². The summed E-state index contributed by atoms with van der Waals surface area (Å²) in [4.78, 5) is 25.3. The van der Waals surface area contributed by atoms with Crippen LogP contribution in [0.25, 0.3) is 0 Å². The molecule has 0 spiro atoms. The van der Waals surface area contributed by atoms with Gasteiger partial charge in [-0.25, -0.2) is 4.79 Å². The highest BCUT2D eigenvalue weighted by atomic mass is 79.9. The molecule has 16 heavy (non-hydrogen) atoms. The zero-order valence-corrected chi connectivity index (χ0v) is 10.8. The molecule has 0 atom stereocenters. The Bertz CT molecular complexity index is 448. The van der Waals surface area contributed by atoms with Crippen molar-refractivity contribution in [1.29, 1.82) is 0 Å². The zero-order chi connectivity index (χ0) is 12.3. The van der Waals surface area contributed by atoms with Crippen molar-refractivity contribution in [2.24, 2.45) is 0 Å². The average Bonchev–Trinajstić information content (AvgIpc) is 2.06. The van der Waals surface area contributed by atoms with E-state index >= 15 is 0 Å². The number of amides is 1. The van der Waals surface area contributed by atoms with Crippen molar-refractivity contribution in [2.75, 3.05) is 5.32 Å². The van der Waals surface area contributed by atoms with Crippen molar-refractivity contribution in [3.8, 4) is 0 Å². The van der Waals surface area contributed by atoms with Gasteiger partial charge in [-0.3, -0.25) is 10.1 Å². The van der Waals surface area contributed by atoms with Crippen molar-refractivity contribution < 1.29 is 9.53 Å². The van der Waals surface area contributed by atoms with Crippen LogP contribution in [-0.2, 0) is 4.74 Å². The lowest BCUT2D eigenvalue weighted by atomic mass is 10.2. The van der Waals surface area contributed by atoms with Gasteiger partial charge in [0, 0.05) is 0 Å². The number of anilines is 1. The van der Waals surface area contributed by atoms with E-state index in [-0.39, 0.29) is 11.2 Å². The average molecular weight is 289 g/mol. The first-order valence-corrected chi connectivity index (χ1v) is 5.46. The van der Waals surface area contributed by atoms with Gasteiger partial charge < -0.3 is 9.72 Å². The minimum Gasteiger partial charge on any atom is -0.444 e. The van der Waals surface area contributed by atoms with Crippen LogP contribution in [0, 0.1) is 0 Å². The number of ether oxygens (including phenoxy) is 1. The number of hydrogen-bond donors (Lipinski definition) is 2. The van der Waals surface area contributed by atoms with Gasteiger partial charge in [0.25, 0.3) is 5.56 Å². The third-order valence-electron chi connectivity index (χ3n) is 1.51. The molecule has 1 heterocycles. The molecule has 0 radical (unpaired) electrons. The van der Waals surface area contributed by atoms with Gasteiger partial charge in [-0.1, -0.05) is 0 Å². The minimum atomic E-state index is -0.652. The number of H-pyrrole nitrogens is 1. The Morgan fingerprint density at radius 3 is 2.56 bits per heavy atom. The van der Waals surface area contributed by atoms with Crippen LogP contribution in [0.5, 0.6) is 0 Å². The van der Waals surface area contributed by atoms with Crippen molar-refractivity contribution in [2.45, 2.75) is 26.4 Å². The molecule has 1 rings (SSSR count). The molecule has 0 aliphatic rings. The number of rotatable bonds is 1. The Hall–Kier alpha value is -1.30. The van der Waals surface area contributed by atoms with Gasteiger partial charge in [-0.15, -0.1) is 0 Å². The molecule has 0 bridgehead atoms. The lowest BCUT2D eigenvalue weighted by Gasteiger charge is -2.19. The van der Waals surface area contributed by atoms with Crippen molar-refractivity contribution in [1.82, 2.24) is 4.98 Å². The van der Waals surface area contributed by atoms with Gasteiger partial charge in [-0.05, 0) is 48.8 Å². The Morgan fingerprint density at radius 1 is 1.44 bits per heavy atom. The van der Waals surface area contributed by atoms with Crippen molar-refractivity contribution in [3.05, 3.63) is 27.1 Å². The van der Waals surface area contributed by atoms with E-state index in [1.54, 1.807) is 26.8 Å². The molecule has 6 heteroatoms. The molecule has 1 amide bonds. The lowest BCUT2D eigenvalue weighted by molar-refractivity contribution is 0.0635. The van der Waals surface area contributed by atoms with Crippen LogP contribution in [0.1, 0.15) is 20.8 Å². The van der Waals surface area contributed by atoms with E-state index in [1.165, 1.54) is 6.07 Å². The molecule has 2 N–H and O–H groups in total. The fraction of sp³-hybridized carbons (Fsp3) is 0.400. The van der Waals surface area contributed by atoms with Gasteiger partial charge in [0.15, 0.2) is 0 Å². The van der Waals surface area contributed by atoms with Gasteiger partial charge in [0.2, 0.25) is 0 Å². The smallest absolute Gasteiger partial charge is 0.412 e. The van der Waals surface area contributed by atoms with Gasteiger partial charge >= 0.3 is 6.09 Å². The van der Waals surface area contributed by atoms with Gasteiger partial charge in [0.05, 0.1) is 4.60 Å². The summed E-state index contributed by atoms with van der Waals surface area (Å²) in [6.07, 6.45) is -0.652. The number of aromatic nitrogens is 1. The number of nitrogens with one attached hydrogen (secondary N) is 2. The summed E-state index contributed by atoms with van der Waals surface area (Å²) in [6.45, 7) is 5.25. The summed E-state index contributed by atoms with van der Waals surface area (Å²) in [7, 11) is 0. The second kappa shape index (κ2) is 4.69. The molecule has 0 saturated carbocycles. The first-order chi connectivity index (χ1) is 7.28. The topological polar surface area (TPSA) is 71.2 Å². The second-order valence-corrected chi connectivity index (χ2v) is 5.03. The number of halogens is 1. The Kier molecular flexibility index (Phi) is 3.74. The lowest BCUT2D eigenvalue weighted by Crippen LogP contribution is -2.29. The van der Waals surface area contributed by atoms with Crippen LogP contribution in [0.15, 0.2) is 21.5 Å². The molecule has 1 aromatic rings. The van der Waals surface area contributed by atoms with Crippen LogP contribution < -0.4 is 10.9 Å². The largest absolute Gasteiger partial charge is 0.444 e. The first kappa shape index (κ1) is 12.8. The van der Waals surface area contributed by atoms with Gasteiger partial charge in [0.1, 0.15) is 11.3 Å². The molecule has 1 aromatic heterocycles. The molecule has 0 saturated heterocycles. The molecular weight excluding hydrogens is 276 g/mol. The monoisotopic (exact) mass is 288 g/mol. The van der Waals surface area contributed by atoms with Crippen LogP contribution in [0.3, 0.4) is 0 Å². The molecule has 0 fully saturated rings. The molecular formula is C10H13BrN2O3. The maximum absolute atomic E-state index is 11.4. The quantitative estimate of drug-likeness (QED) is 0.780. The summed E-state index contributed by atoms with van der Waals surface area (Å²) in [5.41, 5.74) is -0.829. The zero-order valence-electron chi connectivity index (χ0n) is 9.26. The van der Waals surface area contributed by atoms with E-state index in [2.05, 4.69) is 26.2 Å². The summed E-state index contributed by atoms with van der Waals surface area (Å²) in [6, 6.07) is 3.11. The fourth-order valence-corrected chi connectivity index (χ4v) is 1.27. The third-order valence-corrected chi connectivity index (χ3v) is 1.97. The highest BCUT2D eigenvalue weighted by molar-refractivity contribution is 9.10. The molecule has 0 aromatic carbocycles. The Morgan fingerprint density at radius 2 is 2.06 bits per heavy atom. The molecule has 88 valence electrons. The maximum Gasteiger partial charge on any atom is 0.412 e. The van der Waals surface area contributed by atoms with E-state index in [0.29, 0.717) is 4.60 Å². The standard InChI is InChI=1S/C10H13BrN2O3/c1-10(2,3)16-9(15)12-6-4-5-7(11)13-8(6)14/h4-5H,1-3H3,(H,12,15)(H,13,14). The van der Waals surface area contributed by atoms with Gasteiger partial charge in [-0.2, -0.15) is 0 Å². The number of pyridine rings is 1. The summed E-state index contributed by atoms with van der Waals surface area (Å²) in [5, 5.41) is 2.37. The summed E-state index contributed by atoms with van der Waals surface area (Å²) in [5.74, 6) is 0. The maximum atomic E-state index is 11.4. The van der Waals surface area contributed by atoms with Crippen LogP contribution >= 0.6 is 15.9 Å². The SMILES string of the molecule is CC(C)(C)OC(=O)Nc1ccc(Br)[nH]c1=O. The first-order valence-electron chi connectivity index (χ1n) is 4.67. The molecule has 5 nitrogen and oxygen atoms in total. The second-order valence-electron chi connectivity index (χ2n) is 4.18. The predicted molar refractivity (Wildman–Crippen MR) is 64.6 cm³/mol. The number of hydrogen-bond acceptors (Lipinski definition) is 3. The van der Waals surface area contributed by atoms with Crippen LogP contribution in [0.2, 0.25) is 0 Å². The molecule has 0 aliphatic heterocycles. The normalized spacial score (nSPS) is 11.0. The molecule has 0 aliphatic carbocycles. The van der Waals surface area contributed by atoms with E-state index in [1.807, 2.05) is 0 Å². The minimum absolute atomic E-state index is 0.150. The van der Waals surface area contributed by atoms with E-state index in [9.17, 15) is 9.59 Å². The highest BCUT2D eigenvalue weighted by Crippen LogP contribution is 2.10. The number of aromatic amines is 1. The van der Waals surface area contributed by atoms with Crippen molar-refractivity contribution >= 4 is 27.7 Å². The van der Waals surface area contributed by atoms with E-state index < -0.39 is 11.7 Å².